The summed E-state index contributed by atoms with van der Waals surface area (Å²) >= 11 is 0. The molecule has 0 unspecified atom stereocenters. The second kappa shape index (κ2) is 5.86. The van der Waals surface area contributed by atoms with Gasteiger partial charge < -0.3 is 30.5 Å². The molecule has 24 heavy (non-hydrogen) atoms. The molecule has 0 amide bonds. The normalized spacial score (nSPS) is 27.8. The molecule has 3 heterocycles. The number of anilines is 1. The number of hydrogen-bond acceptors (Lipinski definition) is 10. The lowest BCUT2D eigenvalue weighted by Gasteiger charge is -2.19. The molecule has 14 nitrogen and oxygen atoms in total. The van der Waals surface area contributed by atoms with Crippen molar-refractivity contribution in [3.05, 3.63) is 10.4 Å². The summed E-state index contributed by atoms with van der Waals surface area (Å²) in [6, 6.07) is 0. The Bertz CT molecular complexity index is 861. The Balaban J connectivity index is 2.01. The van der Waals surface area contributed by atoms with Crippen LogP contribution >= 0.6 is 7.82 Å². The van der Waals surface area contributed by atoms with Gasteiger partial charge in [-0.1, -0.05) is 5.21 Å². The van der Waals surface area contributed by atoms with Crippen molar-refractivity contribution in [1.29, 1.82) is 0 Å². The monoisotopic (exact) mass is 364 g/mol. The molecule has 1 fully saturated rings. The molecule has 0 saturated carbocycles. The van der Waals surface area contributed by atoms with E-state index < -0.39 is 44.5 Å². The zero-order chi connectivity index (χ0) is 17.6. The lowest BCUT2D eigenvalue weighted by Crippen LogP contribution is -2.35. The third-order valence-electron chi connectivity index (χ3n) is 3.34. The highest BCUT2D eigenvalue weighted by Crippen LogP contribution is 2.43. The van der Waals surface area contributed by atoms with Crippen molar-refractivity contribution < 1.29 is 33.8 Å². The van der Waals surface area contributed by atoms with Crippen molar-refractivity contribution in [2.45, 2.75) is 24.5 Å². The van der Waals surface area contributed by atoms with Gasteiger partial charge in [0.05, 0.1) is 6.61 Å². The third-order valence-corrected chi connectivity index (χ3v) is 3.86. The molecule has 0 bridgehead atoms. The minimum Gasteiger partial charge on any atom is -0.394 e. The molecular formula is C9H13N6O8P. The van der Waals surface area contributed by atoms with Crippen LogP contribution in [0.1, 0.15) is 6.23 Å². The Hall–Kier alpha value is -1.93. The molecule has 1 saturated heterocycles. The van der Waals surface area contributed by atoms with E-state index in [4.69, 9.17) is 20.3 Å². The average molecular weight is 364 g/mol. The fraction of sp³-hybridized carbons (Fsp3) is 0.556. The number of phosphoric acid groups is 1. The molecule has 1 aliphatic heterocycles. The Kier molecular flexibility index (Phi) is 4.13. The first kappa shape index (κ1) is 16.9. The third kappa shape index (κ3) is 2.91. The minimum absolute atomic E-state index is 0.117. The van der Waals surface area contributed by atoms with Gasteiger partial charge in [-0.15, -0.1) is 5.10 Å². The molecule has 1 aliphatic rings. The molecule has 2 aromatic heterocycles. The van der Waals surface area contributed by atoms with Crippen LogP contribution < -0.4 is 11.3 Å². The topological polar surface area (TPSA) is 219 Å². The van der Waals surface area contributed by atoms with Gasteiger partial charge in [0, 0.05) is 0 Å². The number of fused-ring (bicyclic) bond motifs is 1. The summed E-state index contributed by atoms with van der Waals surface area (Å²) in [7, 11) is -4.96. The quantitative estimate of drug-likeness (QED) is 0.296. The van der Waals surface area contributed by atoms with Crippen LogP contribution in [0.5, 0.6) is 0 Å². The molecule has 132 valence electrons. The number of ether oxygens (including phenoxy) is 1. The molecule has 4 atom stereocenters. The maximum absolute atomic E-state index is 11.7. The number of aliphatic hydroxyl groups excluding tert-OH is 2. The van der Waals surface area contributed by atoms with E-state index in [1.54, 1.807) is 0 Å². The predicted octanol–water partition coefficient (Wildman–Crippen LogP) is -3.17. The Morgan fingerprint density at radius 3 is 2.79 bits per heavy atom. The summed E-state index contributed by atoms with van der Waals surface area (Å²) in [6.07, 6.45) is -5.80. The van der Waals surface area contributed by atoms with Crippen molar-refractivity contribution in [1.82, 2.24) is 25.0 Å². The average Bonchev–Trinajstić information content (AvgIpc) is 3.00. The van der Waals surface area contributed by atoms with Gasteiger partial charge in [-0.25, -0.2) is 4.57 Å². The number of aromatic amines is 1. The highest BCUT2D eigenvalue weighted by atomic mass is 31.2. The second-order valence-electron chi connectivity index (χ2n) is 4.96. The van der Waals surface area contributed by atoms with E-state index in [9.17, 15) is 19.6 Å². The molecule has 3 rings (SSSR count). The summed E-state index contributed by atoms with van der Waals surface area (Å²) in [6.45, 7) is -0.693. The first-order valence-electron chi connectivity index (χ1n) is 6.50. The Morgan fingerprint density at radius 2 is 2.17 bits per heavy atom. The summed E-state index contributed by atoms with van der Waals surface area (Å²) in [5.41, 5.74) is 4.48. The van der Waals surface area contributed by atoms with Gasteiger partial charge in [-0.3, -0.25) is 14.3 Å². The van der Waals surface area contributed by atoms with Crippen LogP contribution in [0.25, 0.3) is 11.2 Å². The first-order valence-corrected chi connectivity index (χ1v) is 8.03. The summed E-state index contributed by atoms with van der Waals surface area (Å²) in [5.74, 6) is -0.231. The highest BCUT2D eigenvalue weighted by Gasteiger charge is 2.49. The molecule has 0 aromatic carbocycles. The largest absolute Gasteiger partial charge is 0.470 e. The predicted molar refractivity (Wildman–Crippen MR) is 74.3 cm³/mol. The maximum Gasteiger partial charge on any atom is 0.470 e. The van der Waals surface area contributed by atoms with Crippen molar-refractivity contribution in [3.63, 3.8) is 0 Å². The van der Waals surface area contributed by atoms with Crippen LogP contribution in [0.3, 0.4) is 0 Å². The van der Waals surface area contributed by atoms with E-state index in [1.807, 2.05) is 0 Å². The van der Waals surface area contributed by atoms with E-state index in [2.05, 4.69) is 24.8 Å². The minimum atomic E-state index is -4.96. The first-order chi connectivity index (χ1) is 11.2. The zero-order valence-corrected chi connectivity index (χ0v) is 12.6. The fourth-order valence-electron chi connectivity index (χ4n) is 2.39. The Labute approximate surface area is 132 Å². The summed E-state index contributed by atoms with van der Waals surface area (Å²) in [5, 5.41) is 26.7. The zero-order valence-electron chi connectivity index (χ0n) is 11.8. The van der Waals surface area contributed by atoms with Crippen molar-refractivity contribution >= 4 is 24.9 Å². The maximum atomic E-state index is 11.7. The van der Waals surface area contributed by atoms with Gasteiger partial charge in [0.15, 0.2) is 17.4 Å². The number of H-pyrrole nitrogens is 1. The SMILES string of the molecule is Nc1nc2c(nnn2[C@@H]2O[C@H](CO)[C@@H](OP(=O)(O)O)[C@H]2O)c(=O)[nH]1. The molecule has 2 aromatic rings. The van der Waals surface area contributed by atoms with Crippen LogP contribution in [0.15, 0.2) is 4.79 Å². The summed E-state index contributed by atoms with van der Waals surface area (Å²) in [4.78, 5) is 35.6. The van der Waals surface area contributed by atoms with Gasteiger partial charge in [-0.2, -0.15) is 9.67 Å². The van der Waals surface area contributed by atoms with Gasteiger partial charge >= 0.3 is 7.82 Å². The van der Waals surface area contributed by atoms with Crippen molar-refractivity contribution in [3.8, 4) is 0 Å². The van der Waals surface area contributed by atoms with Gasteiger partial charge in [0.1, 0.15) is 18.3 Å². The number of nitrogens with two attached hydrogens (primary N) is 1. The van der Waals surface area contributed by atoms with E-state index in [0.29, 0.717) is 0 Å². The lowest BCUT2D eigenvalue weighted by atomic mass is 10.1. The highest BCUT2D eigenvalue weighted by molar-refractivity contribution is 7.46. The number of aromatic nitrogens is 5. The van der Waals surface area contributed by atoms with E-state index in [1.165, 1.54) is 0 Å². The van der Waals surface area contributed by atoms with Crippen LogP contribution in [-0.4, -0.2) is 69.9 Å². The van der Waals surface area contributed by atoms with Gasteiger partial charge in [0.2, 0.25) is 5.95 Å². The van der Waals surface area contributed by atoms with Gasteiger partial charge in [-0.05, 0) is 0 Å². The van der Waals surface area contributed by atoms with E-state index in [-0.39, 0.29) is 17.1 Å². The van der Waals surface area contributed by atoms with Crippen LogP contribution in [0, 0.1) is 0 Å². The summed E-state index contributed by atoms with van der Waals surface area (Å²) < 4.78 is 21.7. The number of nitrogen functional groups attached to an aromatic ring is 1. The number of aliphatic hydroxyl groups is 2. The molecular weight excluding hydrogens is 351 g/mol. The molecule has 0 radical (unpaired) electrons. The standard InChI is InChI=1S/C9H13N6O8P/c10-9-11-6-3(7(18)12-9)13-14-15(6)8-4(17)5(2(1-16)22-8)23-24(19,20)21/h2,4-5,8,16-17H,1H2,(H2,19,20,21)(H3,10,11,12,18)/t2-,4-,5-,8-/m1/s1. The van der Waals surface area contributed by atoms with Gasteiger partial charge in [0.25, 0.3) is 5.56 Å². The van der Waals surface area contributed by atoms with Crippen LogP contribution in [0.2, 0.25) is 0 Å². The molecule has 7 N–H and O–H groups in total. The van der Waals surface area contributed by atoms with Crippen molar-refractivity contribution in [2.75, 3.05) is 12.3 Å². The number of phosphoric ester groups is 1. The fourth-order valence-corrected chi connectivity index (χ4v) is 2.96. The van der Waals surface area contributed by atoms with E-state index >= 15 is 0 Å². The molecule has 0 spiro atoms. The number of hydrogen-bond donors (Lipinski definition) is 6. The molecule has 0 aliphatic carbocycles. The van der Waals surface area contributed by atoms with Crippen LogP contribution in [0.4, 0.5) is 5.95 Å². The van der Waals surface area contributed by atoms with Crippen LogP contribution in [-0.2, 0) is 13.8 Å². The number of nitrogens with one attached hydrogen (secondary N) is 1. The molecule has 15 heteroatoms. The number of rotatable bonds is 4. The Morgan fingerprint density at radius 1 is 1.46 bits per heavy atom. The van der Waals surface area contributed by atoms with Crippen molar-refractivity contribution in [2.24, 2.45) is 0 Å². The smallest absolute Gasteiger partial charge is 0.394 e. The van der Waals surface area contributed by atoms with E-state index in [0.717, 1.165) is 4.68 Å². The second-order valence-corrected chi connectivity index (χ2v) is 6.15. The number of nitrogens with zero attached hydrogens (tertiary/aromatic N) is 4. The lowest BCUT2D eigenvalue weighted by molar-refractivity contribution is -0.0573.